The summed E-state index contributed by atoms with van der Waals surface area (Å²) in [5.74, 6) is 1.37. The summed E-state index contributed by atoms with van der Waals surface area (Å²) in [5, 5.41) is 0. The molecule has 3 saturated heterocycles. The van der Waals surface area contributed by atoms with Crippen LogP contribution in [-0.4, -0.2) is 64.7 Å². The molecule has 0 aliphatic carbocycles. The lowest BCUT2D eigenvalue weighted by molar-refractivity contribution is 0.00578. The van der Waals surface area contributed by atoms with Gasteiger partial charge in [0.1, 0.15) is 11.0 Å². The summed E-state index contributed by atoms with van der Waals surface area (Å²) in [6.07, 6.45) is 0. The molecule has 14 heteroatoms. The van der Waals surface area contributed by atoms with Crippen molar-refractivity contribution in [1.29, 1.82) is 0 Å². The summed E-state index contributed by atoms with van der Waals surface area (Å²) in [6.45, 7) is 28.1. The van der Waals surface area contributed by atoms with Crippen molar-refractivity contribution in [3.05, 3.63) is 52.7 Å². The van der Waals surface area contributed by atoms with Crippen molar-refractivity contribution in [2.75, 3.05) is 0 Å². The summed E-state index contributed by atoms with van der Waals surface area (Å²) in [6, 6.07) is 11.6. The molecule has 0 atom stereocenters. The lowest BCUT2D eigenvalue weighted by Crippen LogP contribution is -2.41. The fraction of sp³-hybridized carbons (Fsp3) is 0.588. The first kappa shape index (κ1) is 37.1. The third-order valence-corrected chi connectivity index (χ3v) is 10.8. The Balaban J connectivity index is 0.000000146. The zero-order valence-corrected chi connectivity index (χ0v) is 32.3. The molecule has 258 valence electrons. The van der Waals surface area contributed by atoms with Crippen molar-refractivity contribution < 1.29 is 36.8 Å². The van der Waals surface area contributed by atoms with Crippen LogP contribution in [0.4, 0.5) is 0 Å². The highest BCUT2D eigenvalue weighted by atomic mass is 79.9. The minimum absolute atomic E-state index is 0.329. The van der Waals surface area contributed by atoms with Crippen LogP contribution in [0, 0.1) is 13.8 Å². The maximum atomic E-state index is 6.02. The first-order chi connectivity index (χ1) is 21.9. The maximum absolute atomic E-state index is 6.02. The maximum Gasteiger partial charge on any atom is 0.494 e. The average molecular weight is 725 g/mol. The highest BCUT2D eigenvalue weighted by molar-refractivity contribution is 9.10. The van der Waals surface area contributed by atoms with Gasteiger partial charge in [-0.1, -0.05) is 22.0 Å². The number of fused-ring (bicyclic) bond motifs is 2. The summed E-state index contributed by atoms with van der Waals surface area (Å²) in [7, 11) is -1.31. The molecule has 10 nitrogen and oxygen atoms in total. The van der Waals surface area contributed by atoms with Crippen LogP contribution in [0.2, 0.25) is 0 Å². The molecule has 3 aliphatic heterocycles. The van der Waals surface area contributed by atoms with Crippen LogP contribution in [-0.2, 0) is 27.9 Å². The molecular weight excluding hydrogens is 677 g/mol. The zero-order valence-electron chi connectivity index (χ0n) is 30.7. The highest BCUT2D eigenvalue weighted by Gasteiger charge is 2.63. The molecule has 0 unspecified atom stereocenters. The van der Waals surface area contributed by atoms with Gasteiger partial charge in [0.25, 0.3) is 0 Å². The van der Waals surface area contributed by atoms with Crippen LogP contribution in [0.3, 0.4) is 0 Å². The summed E-state index contributed by atoms with van der Waals surface area (Å²) in [5.41, 5.74) is 2.23. The van der Waals surface area contributed by atoms with E-state index in [1.54, 1.807) is 0 Å². The van der Waals surface area contributed by atoms with Gasteiger partial charge in [0.05, 0.1) is 33.6 Å². The number of hydrogen-bond acceptors (Lipinski definition) is 10. The number of hydrogen-bond donors (Lipinski definition) is 0. The Bertz CT molecular complexity index is 1700. The average Bonchev–Trinajstić information content (AvgIpc) is 3.66. The van der Waals surface area contributed by atoms with E-state index in [9.17, 15) is 0 Å². The van der Waals surface area contributed by atoms with Crippen LogP contribution in [0.5, 0.6) is 0 Å². The number of aryl methyl sites for hydroxylation is 2. The minimum atomic E-state index is -0.476. The second-order valence-electron chi connectivity index (χ2n) is 15.6. The standard InChI is InChI=1S/C14H18BNO3.C12H24B2O4.C8H6BrNO/c1-9-16-11-7-6-10(8-12(11)17-9)15-18-13(2,3)14(4,5)19-15;1-9(2)10(3,4)16-13(15-9)14-17-11(5,6)12(7,8)18-14;1-5-10-7-3-2-6(9)4-8(7)11-5/h6-8H,1-5H3;1-8H3;2-4H,1H3. The van der Waals surface area contributed by atoms with Gasteiger partial charge < -0.3 is 36.8 Å². The van der Waals surface area contributed by atoms with Crippen molar-refractivity contribution >= 4 is 64.7 Å². The molecule has 7 rings (SSSR count). The third-order valence-electron chi connectivity index (χ3n) is 10.3. The zero-order chi connectivity index (χ0) is 35.7. The largest absolute Gasteiger partial charge is 0.494 e. The SMILES string of the molecule is CC1(C)OB(B2OC(C)(C)C(C)(C)O2)OC1(C)C.Cc1nc2ccc(B3OC(C)(C)C(C)(C)O3)cc2o1.Cc1nc2ccc(Br)cc2o1. The fourth-order valence-corrected chi connectivity index (χ4v) is 5.54. The Labute approximate surface area is 293 Å². The number of rotatable bonds is 2. The number of halogens is 1. The van der Waals surface area contributed by atoms with Gasteiger partial charge in [-0.05, 0) is 119 Å². The molecule has 0 amide bonds. The number of nitrogens with zero attached hydrogens (tertiary/aromatic N) is 2. The molecule has 2 aromatic heterocycles. The Morgan fingerprint density at radius 3 is 1.27 bits per heavy atom. The molecular formula is C34H48B3BrN2O8. The van der Waals surface area contributed by atoms with E-state index in [1.807, 2.05) is 133 Å². The predicted molar refractivity (Wildman–Crippen MR) is 193 cm³/mol. The predicted octanol–water partition coefficient (Wildman–Crippen LogP) is 7.58. The lowest BCUT2D eigenvalue weighted by Gasteiger charge is -2.32. The highest BCUT2D eigenvalue weighted by Crippen LogP contribution is 2.43. The van der Waals surface area contributed by atoms with E-state index >= 15 is 0 Å². The van der Waals surface area contributed by atoms with Gasteiger partial charge >= 0.3 is 21.1 Å². The van der Waals surface area contributed by atoms with Gasteiger partial charge in [-0.2, -0.15) is 0 Å². The summed E-state index contributed by atoms with van der Waals surface area (Å²) in [4.78, 5) is 8.46. The van der Waals surface area contributed by atoms with Crippen molar-refractivity contribution in [2.45, 2.75) is 131 Å². The number of aromatic nitrogens is 2. The van der Waals surface area contributed by atoms with Gasteiger partial charge in [0.2, 0.25) is 0 Å². The van der Waals surface area contributed by atoms with E-state index in [0.717, 1.165) is 32.1 Å². The van der Waals surface area contributed by atoms with Crippen LogP contribution in [0.25, 0.3) is 22.2 Å². The summed E-state index contributed by atoms with van der Waals surface area (Å²) < 4.78 is 47.8. The van der Waals surface area contributed by atoms with Gasteiger partial charge in [-0.3, -0.25) is 0 Å². The van der Waals surface area contributed by atoms with E-state index < -0.39 is 14.0 Å². The van der Waals surface area contributed by atoms with Gasteiger partial charge in [-0.15, -0.1) is 0 Å². The topological polar surface area (TPSA) is 107 Å². The fourth-order valence-electron chi connectivity index (χ4n) is 5.20. The first-order valence-corrected chi connectivity index (χ1v) is 17.2. The molecule has 2 aromatic carbocycles. The molecule has 4 aromatic rings. The van der Waals surface area contributed by atoms with Crippen LogP contribution >= 0.6 is 15.9 Å². The number of benzene rings is 2. The van der Waals surface area contributed by atoms with Crippen LogP contribution in [0.1, 0.15) is 94.9 Å². The van der Waals surface area contributed by atoms with Crippen LogP contribution < -0.4 is 5.46 Å². The molecule has 3 fully saturated rings. The van der Waals surface area contributed by atoms with E-state index in [4.69, 9.17) is 36.8 Å². The van der Waals surface area contributed by atoms with Gasteiger partial charge in [0.15, 0.2) is 22.9 Å². The van der Waals surface area contributed by atoms with Crippen LogP contribution in [0.15, 0.2) is 49.7 Å². The molecule has 0 N–H and O–H groups in total. The van der Waals surface area contributed by atoms with Gasteiger partial charge in [-0.25, -0.2) is 9.97 Å². The van der Waals surface area contributed by atoms with Crippen molar-refractivity contribution in [3.8, 4) is 0 Å². The van der Waals surface area contributed by atoms with Crippen molar-refractivity contribution in [2.24, 2.45) is 0 Å². The Kier molecular flexibility index (Phi) is 9.69. The molecule has 0 saturated carbocycles. The molecule has 0 spiro atoms. The van der Waals surface area contributed by atoms with E-state index in [0.29, 0.717) is 11.8 Å². The molecule has 5 heterocycles. The normalized spacial score (nSPS) is 22.9. The smallest absolute Gasteiger partial charge is 0.441 e. The molecule has 0 bridgehead atoms. The molecule has 0 radical (unpaired) electrons. The van der Waals surface area contributed by atoms with Crippen molar-refractivity contribution in [3.63, 3.8) is 0 Å². The quantitative estimate of drug-likeness (QED) is 0.192. The summed E-state index contributed by atoms with van der Waals surface area (Å²) >= 11 is 3.35. The minimum Gasteiger partial charge on any atom is -0.441 e. The Morgan fingerprint density at radius 2 is 0.854 bits per heavy atom. The molecule has 48 heavy (non-hydrogen) atoms. The molecule has 3 aliphatic rings. The number of oxazole rings is 2. The Hall–Kier alpha value is -2.19. The first-order valence-electron chi connectivity index (χ1n) is 16.4. The van der Waals surface area contributed by atoms with E-state index in [1.165, 1.54) is 0 Å². The van der Waals surface area contributed by atoms with E-state index in [-0.39, 0.29) is 40.7 Å². The second-order valence-corrected chi connectivity index (χ2v) is 16.6. The Morgan fingerprint density at radius 1 is 0.500 bits per heavy atom. The monoisotopic (exact) mass is 724 g/mol. The lowest BCUT2D eigenvalue weighted by atomic mass is 9.49. The second kappa shape index (κ2) is 12.5. The van der Waals surface area contributed by atoms with Gasteiger partial charge in [0, 0.05) is 18.3 Å². The third kappa shape index (κ3) is 7.31. The van der Waals surface area contributed by atoms with Crippen molar-refractivity contribution in [1.82, 2.24) is 9.97 Å². The van der Waals surface area contributed by atoms with E-state index in [2.05, 4.69) is 25.9 Å².